The number of aliphatic hydroxyl groups excluding tert-OH is 1. The van der Waals surface area contributed by atoms with Crippen LogP contribution < -0.4 is 5.32 Å². The van der Waals surface area contributed by atoms with Gasteiger partial charge in [0.2, 0.25) is 0 Å². The number of pyridine rings is 3. The fraction of sp³-hybridized carbons (Fsp3) is 0.235. The first kappa shape index (κ1) is 15.3. The van der Waals surface area contributed by atoms with E-state index in [1.807, 2.05) is 19.9 Å². The lowest BCUT2D eigenvalue weighted by Gasteiger charge is -2.26. The number of halogens is 1. The highest BCUT2D eigenvalue weighted by Gasteiger charge is 2.19. The van der Waals surface area contributed by atoms with Gasteiger partial charge in [0.25, 0.3) is 0 Å². The van der Waals surface area contributed by atoms with E-state index in [9.17, 15) is 9.50 Å². The summed E-state index contributed by atoms with van der Waals surface area (Å²) in [6.45, 7) is 3.72. The highest BCUT2D eigenvalue weighted by atomic mass is 19.1. The number of nitrogens with one attached hydrogen (secondary N) is 1. The van der Waals surface area contributed by atoms with Gasteiger partial charge in [0, 0.05) is 29.0 Å². The zero-order valence-corrected chi connectivity index (χ0v) is 12.9. The molecule has 0 unspecified atom stereocenters. The molecule has 5 nitrogen and oxygen atoms in total. The molecule has 6 heteroatoms. The van der Waals surface area contributed by atoms with Crippen molar-refractivity contribution in [1.29, 1.82) is 0 Å². The van der Waals surface area contributed by atoms with Crippen LogP contribution in [0.4, 0.5) is 10.1 Å². The Labute approximate surface area is 133 Å². The lowest BCUT2D eigenvalue weighted by atomic mass is 10.0. The van der Waals surface area contributed by atoms with Gasteiger partial charge >= 0.3 is 0 Å². The molecule has 0 saturated heterocycles. The zero-order valence-electron chi connectivity index (χ0n) is 12.9. The Kier molecular flexibility index (Phi) is 3.92. The Morgan fingerprint density at radius 2 is 1.91 bits per heavy atom. The van der Waals surface area contributed by atoms with Gasteiger partial charge in [-0.25, -0.2) is 9.37 Å². The Balaban J connectivity index is 2.20. The lowest BCUT2D eigenvalue weighted by molar-refractivity contribution is 0.234. The van der Waals surface area contributed by atoms with E-state index < -0.39 is 11.4 Å². The molecule has 3 aromatic rings. The van der Waals surface area contributed by atoms with Crippen molar-refractivity contribution in [2.75, 3.05) is 11.9 Å². The maximum absolute atomic E-state index is 14.0. The van der Waals surface area contributed by atoms with Gasteiger partial charge in [0.05, 0.1) is 35.8 Å². The van der Waals surface area contributed by atoms with E-state index in [2.05, 4.69) is 20.3 Å². The van der Waals surface area contributed by atoms with Crippen LogP contribution >= 0.6 is 0 Å². The van der Waals surface area contributed by atoms with Crippen LogP contribution in [-0.4, -0.2) is 32.2 Å². The predicted octanol–water partition coefficient (Wildman–Crippen LogP) is 3.01. The maximum Gasteiger partial charge on any atom is 0.150 e. The molecular weight excluding hydrogens is 295 g/mol. The van der Waals surface area contributed by atoms with Gasteiger partial charge < -0.3 is 10.4 Å². The molecule has 3 heterocycles. The first-order chi connectivity index (χ1) is 11.0. The average molecular weight is 312 g/mol. The predicted molar refractivity (Wildman–Crippen MR) is 87.5 cm³/mol. The fourth-order valence-electron chi connectivity index (χ4n) is 2.31. The Hall–Kier alpha value is -2.60. The molecule has 118 valence electrons. The third-order valence-electron chi connectivity index (χ3n) is 3.53. The number of hydrogen-bond donors (Lipinski definition) is 2. The summed E-state index contributed by atoms with van der Waals surface area (Å²) in [6, 6.07) is 5.20. The normalized spacial score (nSPS) is 11.7. The number of hydrogen-bond acceptors (Lipinski definition) is 5. The molecule has 0 spiro atoms. The number of fused-ring (bicyclic) bond motifs is 1. The molecule has 0 atom stereocenters. The molecule has 0 aliphatic carbocycles. The quantitative estimate of drug-likeness (QED) is 0.775. The van der Waals surface area contributed by atoms with Crippen LogP contribution in [-0.2, 0) is 0 Å². The fourth-order valence-corrected chi connectivity index (χ4v) is 2.31. The monoisotopic (exact) mass is 312 g/mol. The number of aromatic nitrogens is 3. The molecule has 0 fully saturated rings. The Morgan fingerprint density at radius 1 is 1.17 bits per heavy atom. The summed E-state index contributed by atoms with van der Waals surface area (Å²) in [5.74, 6) is -0.435. The second-order valence-corrected chi connectivity index (χ2v) is 5.97. The van der Waals surface area contributed by atoms with E-state index in [0.717, 1.165) is 17.3 Å². The summed E-state index contributed by atoms with van der Waals surface area (Å²) in [4.78, 5) is 12.3. The van der Waals surface area contributed by atoms with Gasteiger partial charge in [-0.15, -0.1) is 0 Å². The second-order valence-electron chi connectivity index (χ2n) is 5.97. The highest BCUT2D eigenvalue weighted by Crippen LogP contribution is 2.30. The van der Waals surface area contributed by atoms with Crippen molar-refractivity contribution in [3.63, 3.8) is 0 Å². The van der Waals surface area contributed by atoms with Crippen molar-refractivity contribution in [2.24, 2.45) is 0 Å². The molecule has 23 heavy (non-hydrogen) atoms. The minimum Gasteiger partial charge on any atom is -0.394 e. The number of nitrogens with zero attached hydrogens (tertiary/aromatic N) is 3. The van der Waals surface area contributed by atoms with Crippen LogP contribution in [0.15, 0.2) is 43.0 Å². The summed E-state index contributed by atoms with van der Waals surface area (Å²) in [5, 5.41) is 13.6. The molecule has 0 aliphatic heterocycles. The molecule has 0 saturated carbocycles. The molecule has 0 aromatic carbocycles. The summed E-state index contributed by atoms with van der Waals surface area (Å²) < 4.78 is 14.0. The van der Waals surface area contributed by atoms with E-state index >= 15 is 0 Å². The number of anilines is 1. The Morgan fingerprint density at radius 3 is 2.65 bits per heavy atom. The van der Waals surface area contributed by atoms with Crippen molar-refractivity contribution in [1.82, 2.24) is 15.0 Å². The zero-order chi connectivity index (χ0) is 16.4. The van der Waals surface area contributed by atoms with Crippen LogP contribution in [0.3, 0.4) is 0 Å². The van der Waals surface area contributed by atoms with Crippen molar-refractivity contribution in [3.8, 4) is 11.3 Å². The third kappa shape index (κ3) is 3.12. The average Bonchev–Trinajstić information content (AvgIpc) is 2.55. The molecule has 3 rings (SSSR count). The van der Waals surface area contributed by atoms with E-state index in [4.69, 9.17) is 0 Å². The molecule has 0 amide bonds. The van der Waals surface area contributed by atoms with Gasteiger partial charge in [0.1, 0.15) is 0 Å². The van der Waals surface area contributed by atoms with Crippen molar-refractivity contribution < 1.29 is 9.50 Å². The smallest absolute Gasteiger partial charge is 0.150 e. The lowest BCUT2D eigenvalue weighted by Crippen LogP contribution is -2.35. The molecule has 0 radical (unpaired) electrons. The SMILES string of the molecule is CC(C)(CO)Nc1cc(-c2ccncc2F)nc2cnccc12. The minimum absolute atomic E-state index is 0.0408. The molecule has 3 aromatic heterocycles. The van der Waals surface area contributed by atoms with Crippen LogP contribution in [0, 0.1) is 5.82 Å². The molecular formula is C17H17FN4O. The topological polar surface area (TPSA) is 70.9 Å². The standard InChI is InChI=1S/C17H17FN4O/c1-17(2,10-23)22-15-7-14(11-3-5-19-8-13(11)18)21-16-9-20-6-4-12(15)16/h3-9,23H,10H2,1-2H3,(H,21,22). The van der Waals surface area contributed by atoms with Gasteiger partial charge in [-0.2, -0.15) is 0 Å². The highest BCUT2D eigenvalue weighted by molar-refractivity contribution is 5.93. The van der Waals surface area contributed by atoms with E-state index in [1.165, 1.54) is 6.20 Å². The van der Waals surface area contributed by atoms with Gasteiger partial charge in [0.15, 0.2) is 5.82 Å². The van der Waals surface area contributed by atoms with Crippen molar-refractivity contribution in [2.45, 2.75) is 19.4 Å². The van der Waals surface area contributed by atoms with Crippen LogP contribution in [0.25, 0.3) is 22.2 Å². The number of rotatable bonds is 4. The molecule has 0 bridgehead atoms. The van der Waals surface area contributed by atoms with E-state index in [1.54, 1.807) is 24.5 Å². The van der Waals surface area contributed by atoms with Gasteiger partial charge in [-0.05, 0) is 32.0 Å². The first-order valence-electron chi connectivity index (χ1n) is 7.24. The Bertz CT molecular complexity index is 851. The van der Waals surface area contributed by atoms with Crippen molar-refractivity contribution >= 4 is 16.6 Å². The van der Waals surface area contributed by atoms with Crippen LogP contribution in [0.1, 0.15) is 13.8 Å². The van der Waals surface area contributed by atoms with Crippen LogP contribution in [0.5, 0.6) is 0 Å². The largest absolute Gasteiger partial charge is 0.394 e. The number of aliphatic hydroxyl groups is 1. The first-order valence-corrected chi connectivity index (χ1v) is 7.24. The second kappa shape index (κ2) is 5.89. The van der Waals surface area contributed by atoms with E-state index in [-0.39, 0.29) is 6.61 Å². The van der Waals surface area contributed by atoms with Gasteiger partial charge in [-0.3, -0.25) is 9.97 Å². The van der Waals surface area contributed by atoms with Crippen LogP contribution in [0.2, 0.25) is 0 Å². The summed E-state index contributed by atoms with van der Waals surface area (Å²) in [5.41, 5.74) is 1.75. The minimum atomic E-state index is -0.522. The maximum atomic E-state index is 14.0. The summed E-state index contributed by atoms with van der Waals surface area (Å²) >= 11 is 0. The summed E-state index contributed by atoms with van der Waals surface area (Å²) in [6.07, 6.45) is 6.00. The third-order valence-corrected chi connectivity index (χ3v) is 3.53. The summed E-state index contributed by atoms with van der Waals surface area (Å²) in [7, 11) is 0. The van der Waals surface area contributed by atoms with Crippen molar-refractivity contribution in [3.05, 3.63) is 48.8 Å². The molecule has 0 aliphatic rings. The van der Waals surface area contributed by atoms with Gasteiger partial charge in [-0.1, -0.05) is 0 Å². The van der Waals surface area contributed by atoms with E-state index in [0.29, 0.717) is 16.8 Å². The molecule has 2 N–H and O–H groups in total.